The van der Waals surface area contributed by atoms with Gasteiger partial charge >= 0.3 is 0 Å². The Morgan fingerprint density at radius 1 is 1.00 bits per heavy atom. The first-order valence-electron chi connectivity index (χ1n) is 7.64. The molecule has 2 heterocycles. The standard InChI is InChI=1S/C19H18N2O/c1-20-17-9-5-4-7-15(17)12-18(20)19(22)21-11-10-14-6-2-3-8-16(14)13-21/h2-9,12H,10-11,13H2,1H3. The van der Waals surface area contributed by atoms with Gasteiger partial charge in [-0.25, -0.2) is 0 Å². The van der Waals surface area contributed by atoms with Crippen LogP contribution in [0.15, 0.2) is 54.6 Å². The summed E-state index contributed by atoms with van der Waals surface area (Å²) >= 11 is 0. The molecule has 2 aromatic carbocycles. The quantitative estimate of drug-likeness (QED) is 0.674. The number of aryl methyl sites for hydroxylation is 1. The van der Waals surface area contributed by atoms with Crippen LogP contribution in [0.2, 0.25) is 0 Å². The number of aromatic nitrogens is 1. The average Bonchev–Trinajstić information content (AvgIpc) is 2.91. The lowest BCUT2D eigenvalue weighted by Crippen LogP contribution is -2.36. The summed E-state index contributed by atoms with van der Waals surface area (Å²) in [7, 11) is 1.97. The van der Waals surface area contributed by atoms with Crippen LogP contribution >= 0.6 is 0 Å². The highest BCUT2D eigenvalue weighted by molar-refractivity contribution is 5.98. The zero-order chi connectivity index (χ0) is 15.1. The lowest BCUT2D eigenvalue weighted by Gasteiger charge is -2.29. The third-order valence-corrected chi connectivity index (χ3v) is 4.59. The van der Waals surface area contributed by atoms with Crippen LogP contribution < -0.4 is 0 Å². The summed E-state index contributed by atoms with van der Waals surface area (Å²) in [5.41, 5.74) is 4.49. The van der Waals surface area contributed by atoms with Crippen molar-refractivity contribution in [3.63, 3.8) is 0 Å². The summed E-state index contributed by atoms with van der Waals surface area (Å²) in [6.07, 6.45) is 0.936. The van der Waals surface area contributed by atoms with Gasteiger partial charge in [-0.2, -0.15) is 0 Å². The summed E-state index contributed by atoms with van der Waals surface area (Å²) in [6.45, 7) is 1.49. The summed E-state index contributed by atoms with van der Waals surface area (Å²) in [4.78, 5) is 14.9. The van der Waals surface area contributed by atoms with Crippen molar-refractivity contribution in [1.82, 2.24) is 9.47 Å². The van der Waals surface area contributed by atoms with Gasteiger partial charge in [0.05, 0.1) is 0 Å². The molecule has 3 heteroatoms. The van der Waals surface area contributed by atoms with E-state index < -0.39 is 0 Å². The van der Waals surface area contributed by atoms with Crippen LogP contribution in [0.4, 0.5) is 0 Å². The molecule has 0 radical (unpaired) electrons. The molecule has 0 saturated carbocycles. The van der Waals surface area contributed by atoms with Crippen LogP contribution in [-0.4, -0.2) is 21.9 Å². The molecule has 0 saturated heterocycles. The van der Waals surface area contributed by atoms with E-state index in [-0.39, 0.29) is 5.91 Å². The van der Waals surface area contributed by atoms with E-state index in [1.165, 1.54) is 11.1 Å². The molecule has 0 unspecified atom stereocenters. The van der Waals surface area contributed by atoms with Crippen molar-refractivity contribution >= 4 is 16.8 Å². The molecule has 0 aliphatic carbocycles. The van der Waals surface area contributed by atoms with Crippen molar-refractivity contribution in [1.29, 1.82) is 0 Å². The number of hydrogen-bond donors (Lipinski definition) is 0. The lowest BCUT2D eigenvalue weighted by atomic mass is 10.00. The molecule has 0 bridgehead atoms. The van der Waals surface area contributed by atoms with Crippen molar-refractivity contribution in [2.75, 3.05) is 6.54 Å². The fourth-order valence-electron chi connectivity index (χ4n) is 3.33. The normalized spacial score (nSPS) is 14.1. The first kappa shape index (κ1) is 13.1. The predicted molar refractivity (Wildman–Crippen MR) is 87.8 cm³/mol. The van der Waals surface area contributed by atoms with Gasteiger partial charge in [0, 0.05) is 31.0 Å². The Hall–Kier alpha value is -2.55. The van der Waals surface area contributed by atoms with Crippen molar-refractivity contribution in [3.8, 4) is 0 Å². The van der Waals surface area contributed by atoms with Gasteiger partial charge < -0.3 is 9.47 Å². The Labute approximate surface area is 129 Å². The van der Waals surface area contributed by atoms with Crippen LogP contribution in [0.5, 0.6) is 0 Å². The van der Waals surface area contributed by atoms with Crippen molar-refractivity contribution < 1.29 is 4.79 Å². The third kappa shape index (κ3) is 2.01. The SMILES string of the molecule is Cn1c(C(=O)N2CCc3ccccc3C2)cc2ccccc21. The molecule has 1 amide bonds. The Morgan fingerprint density at radius 3 is 2.55 bits per heavy atom. The third-order valence-electron chi connectivity index (χ3n) is 4.59. The maximum Gasteiger partial charge on any atom is 0.270 e. The summed E-state index contributed by atoms with van der Waals surface area (Å²) in [6, 6.07) is 18.5. The van der Waals surface area contributed by atoms with Crippen molar-refractivity contribution in [2.24, 2.45) is 7.05 Å². The molecule has 110 valence electrons. The van der Waals surface area contributed by atoms with Gasteiger partial charge in [-0.3, -0.25) is 4.79 Å². The fourth-order valence-corrected chi connectivity index (χ4v) is 3.33. The summed E-state index contributed by atoms with van der Waals surface area (Å²) in [5, 5.41) is 1.12. The first-order valence-corrected chi connectivity index (χ1v) is 7.64. The van der Waals surface area contributed by atoms with Crippen molar-refractivity contribution in [3.05, 3.63) is 71.4 Å². The van der Waals surface area contributed by atoms with E-state index in [1.54, 1.807) is 0 Å². The molecular formula is C19H18N2O. The number of hydrogen-bond acceptors (Lipinski definition) is 1. The van der Waals surface area contributed by atoms with E-state index in [2.05, 4.69) is 30.3 Å². The lowest BCUT2D eigenvalue weighted by molar-refractivity contribution is 0.0725. The number of carbonyl (C=O) groups is 1. The molecule has 0 N–H and O–H groups in total. The number of benzene rings is 2. The second-order valence-corrected chi connectivity index (χ2v) is 5.89. The zero-order valence-electron chi connectivity index (χ0n) is 12.6. The minimum absolute atomic E-state index is 0.119. The summed E-state index contributed by atoms with van der Waals surface area (Å²) in [5.74, 6) is 0.119. The molecule has 1 aliphatic heterocycles. The molecular weight excluding hydrogens is 272 g/mol. The Balaban J connectivity index is 1.68. The van der Waals surface area contributed by atoms with Gasteiger partial charge in [0.25, 0.3) is 5.91 Å². The van der Waals surface area contributed by atoms with Gasteiger partial charge in [-0.05, 0) is 29.7 Å². The molecule has 4 rings (SSSR count). The smallest absolute Gasteiger partial charge is 0.270 e. The van der Waals surface area contributed by atoms with Crippen LogP contribution in [0.3, 0.4) is 0 Å². The van der Waals surface area contributed by atoms with Gasteiger partial charge in [-0.15, -0.1) is 0 Å². The number of fused-ring (bicyclic) bond motifs is 2. The average molecular weight is 290 g/mol. The van der Waals surface area contributed by atoms with Gasteiger partial charge in [0.2, 0.25) is 0 Å². The van der Waals surface area contributed by atoms with E-state index in [1.807, 2.05) is 40.8 Å². The molecule has 22 heavy (non-hydrogen) atoms. The van der Waals surface area contributed by atoms with Crippen LogP contribution in [0.25, 0.3) is 10.9 Å². The molecule has 0 fully saturated rings. The van der Waals surface area contributed by atoms with Crippen LogP contribution in [0, 0.1) is 0 Å². The van der Waals surface area contributed by atoms with E-state index in [0.717, 1.165) is 29.6 Å². The van der Waals surface area contributed by atoms with Crippen molar-refractivity contribution in [2.45, 2.75) is 13.0 Å². The molecule has 1 aromatic heterocycles. The zero-order valence-corrected chi connectivity index (χ0v) is 12.6. The fraction of sp³-hybridized carbons (Fsp3) is 0.211. The largest absolute Gasteiger partial charge is 0.340 e. The Bertz CT molecular complexity index is 863. The maximum absolute atomic E-state index is 12.9. The van der Waals surface area contributed by atoms with E-state index in [4.69, 9.17) is 0 Å². The topological polar surface area (TPSA) is 25.2 Å². The van der Waals surface area contributed by atoms with Crippen LogP contribution in [0.1, 0.15) is 21.6 Å². The van der Waals surface area contributed by atoms with Crippen LogP contribution in [-0.2, 0) is 20.0 Å². The highest BCUT2D eigenvalue weighted by atomic mass is 16.2. The molecule has 0 atom stereocenters. The predicted octanol–water partition coefficient (Wildman–Crippen LogP) is 3.38. The second-order valence-electron chi connectivity index (χ2n) is 5.89. The Kier molecular flexibility index (Phi) is 3.00. The number of nitrogens with zero attached hydrogens (tertiary/aromatic N) is 2. The molecule has 3 nitrogen and oxygen atoms in total. The number of rotatable bonds is 1. The van der Waals surface area contributed by atoms with Gasteiger partial charge in [-0.1, -0.05) is 42.5 Å². The number of carbonyl (C=O) groups excluding carboxylic acids is 1. The highest BCUT2D eigenvalue weighted by Gasteiger charge is 2.23. The monoisotopic (exact) mass is 290 g/mol. The summed E-state index contributed by atoms with van der Waals surface area (Å²) < 4.78 is 2.00. The van der Waals surface area contributed by atoms with E-state index in [0.29, 0.717) is 6.54 Å². The molecule has 0 spiro atoms. The number of para-hydroxylation sites is 1. The first-order chi connectivity index (χ1) is 10.7. The molecule has 1 aliphatic rings. The second kappa shape index (κ2) is 5.02. The van der Waals surface area contributed by atoms with E-state index in [9.17, 15) is 4.79 Å². The number of amides is 1. The minimum atomic E-state index is 0.119. The van der Waals surface area contributed by atoms with E-state index >= 15 is 0 Å². The highest BCUT2D eigenvalue weighted by Crippen LogP contribution is 2.23. The minimum Gasteiger partial charge on any atom is -0.340 e. The maximum atomic E-state index is 12.9. The Morgan fingerprint density at radius 2 is 1.73 bits per heavy atom. The van der Waals surface area contributed by atoms with Gasteiger partial charge in [0.15, 0.2) is 0 Å². The van der Waals surface area contributed by atoms with Gasteiger partial charge in [0.1, 0.15) is 5.69 Å². The molecule has 3 aromatic rings.